The van der Waals surface area contributed by atoms with Crippen molar-refractivity contribution in [1.29, 1.82) is 0 Å². The van der Waals surface area contributed by atoms with Crippen LogP contribution in [-0.4, -0.2) is 52.9 Å². The Balaban J connectivity index is 1.37. The summed E-state index contributed by atoms with van der Waals surface area (Å²) in [6.07, 6.45) is 2.81. The number of anilines is 3. The highest BCUT2D eigenvalue weighted by Gasteiger charge is 2.24. The Morgan fingerprint density at radius 3 is 2.79 bits per heavy atom. The first-order chi connectivity index (χ1) is 16.0. The third kappa shape index (κ3) is 4.40. The smallest absolute Gasteiger partial charge is 0.253 e. The van der Waals surface area contributed by atoms with Crippen LogP contribution in [0.15, 0.2) is 48.7 Å². The van der Waals surface area contributed by atoms with Crippen LogP contribution in [0.1, 0.15) is 22.3 Å². The van der Waals surface area contributed by atoms with Crippen molar-refractivity contribution in [2.24, 2.45) is 0 Å². The number of carbonyl (C=O) groups excluding carboxylic acids is 2. The van der Waals surface area contributed by atoms with E-state index in [9.17, 15) is 9.59 Å². The van der Waals surface area contributed by atoms with Crippen molar-refractivity contribution in [2.45, 2.75) is 18.9 Å². The number of aromatic nitrogens is 2. The number of rotatable bonds is 4. The number of hydrogen-bond donors (Lipinski definition) is 3. The van der Waals surface area contributed by atoms with Gasteiger partial charge in [0, 0.05) is 53.2 Å². The van der Waals surface area contributed by atoms with E-state index in [1.165, 1.54) is 0 Å². The fourth-order valence-electron chi connectivity index (χ4n) is 4.19. The molecular weight excluding hydrogens is 440 g/mol. The molecular formula is C24H23ClN6O2. The van der Waals surface area contributed by atoms with Gasteiger partial charge >= 0.3 is 0 Å². The lowest BCUT2D eigenvalue weighted by Crippen LogP contribution is -2.38. The van der Waals surface area contributed by atoms with Crippen LogP contribution in [0.25, 0.3) is 11.3 Å². The number of nitrogens with one attached hydrogen (secondary N) is 3. The number of likely N-dealkylation sites (N-methyl/N-ethyl adjacent to an activating group) is 1. The molecule has 2 aromatic carbocycles. The van der Waals surface area contributed by atoms with Gasteiger partial charge < -0.3 is 20.9 Å². The summed E-state index contributed by atoms with van der Waals surface area (Å²) in [5.74, 6) is 0.265. The molecule has 9 heteroatoms. The lowest BCUT2D eigenvalue weighted by Gasteiger charge is -2.23. The van der Waals surface area contributed by atoms with Crippen molar-refractivity contribution in [2.75, 3.05) is 30.8 Å². The Morgan fingerprint density at radius 1 is 1.21 bits per heavy atom. The van der Waals surface area contributed by atoms with Crippen molar-refractivity contribution >= 4 is 40.7 Å². The van der Waals surface area contributed by atoms with Crippen molar-refractivity contribution < 1.29 is 9.59 Å². The highest BCUT2D eigenvalue weighted by Crippen LogP contribution is 2.34. The predicted molar refractivity (Wildman–Crippen MR) is 128 cm³/mol. The molecule has 2 amide bonds. The van der Waals surface area contributed by atoms with E-state index in [-0.39, 0.29) is 24.3 Å². The maximum Gasteiger partial charge on any atom is 0.253 e. The number of fused-ring (bicyclic) bond motifs is 3. The maximum atomic E-state index is 12.8. The number of amides is 2. The third-order valence-electron chi connectivity index (χ3n) is 6.02. The van der Waals surface area contributed by atoms with Gasteiger partial charge in [0.15, 0.2) is 0 Å². The van der Waals surface area contributed by atoms with Crippen LogP contribution >= 0.6 is 11.6 Å². The van der Waals surface area contributed by atoms with Crippen LogP contribution < -0.4 is 16.0 Å². The van der Waals surface area contributed by atoms with E-state index < -0.39 is 0 Å². The molecule has 0 saturated carbocycles. The summed E-state index contributed by atoms with van der Waals surface area (Å²) in [7, 11) is 1.85. The molecule has 3 aromatic rings. The SMILES string of the molecule is CN(C(=O)c1ccc(Nc2ncc3c(n2)-c2ccc(Cl)cc2NC(=O)C3)cc1)C1CCNC1. The molecule has 0 aliphatic carbocycles. The average Bonchev–Trinajstić information content (AvgIpc) is 3.30. The molecule has 168 valence electrons. The van der Waals surface area contributed by atoms with Gasteiger partial charge in [-0.15, -0.1) is 0 Å². The lowest BCUT2D eigenvalue weighted by atomic mass is 10.1. The maximum absolute atomic E-state index is 12.8. The second-order valence-electron chi connectivity index (χ2n) is 8.25. The number of benzene rings is 2. The van der Waals surface area contributed by atoms with Crippen LogP contribution in [0, 0.1) is 0 Å². The van der Waals surface area contributed by atoms with Gasteiger partial charge in [0.1, 0.15) is 0 Å². The molecule has 0 spiro atoms. The largest absolute Gasteiger partial charge is 0.337 e. The van der Waals surface area contributed by atoms with E-state index in [4.69, 9.17) is 11.6 Å². The summed E-state index contributed by atoms with van der Waals surface area (Å²) < 4.78 is 0. The molecule has 1 aromatic heterocycles. The first kappa shape index (κ1) is 21.4. The zero-order valence-corrected chi connectivity index (χ0v) is 18.8. The van der Waals surface area contributed by atoms with Gasteiger partial charge in [-0.1, -0.05) is 11.6 Å². The highest BCUT2D eigenvalue weighted by molar-refractivity contribution is 6.31. The normalized spacial score (nSPS) is 16.9. The van der Waals surface area contributed by atoms with Crippen molar-refractivity contribution in [3.05, 3.63) is 64.8 Å². The van der Waals surface area contributed by atoms with E-state index in [0.717, 1.165) is 36.3 Å². The summed E-state index contributed by atoms with van der Waals surface area (Å²) in [6, 6.07) is 12.8. The standard InChI is InChI=1S/C24H23ClN6O2/c1-31(18-8-9-26-13-18)23(33)14-2-5-17(6-3-14)28-24-27-12-15-10-21(32)29-20-11-16(25)4-7-19(20)22(15)30-24/h2-7,11-12,18,26H,8-10,13H2,1H3,(H,29,32)(H,27,28,30). The summed E-state index contributed by atoms with van der Waals surface area (Å²) in [4.78, 5) is 35.9. The summed E-state index contributed by atoms with van der Waals surface area (Å²) in [6.45, 7) is 1.77. The van der Waals surface area contributed by atoms with Crippen LogP contribution in [0.5, 0.6) is 0 Å². The molecule has 0 radical (unpaired) electrons. The van der Waals surface area contributed by atoms with Gasteiger partial charge in [-0.25, -0.2) is 9.97 Å². The Morgan fingerprint density at radius 2 is 2.03 bits per heavy atom. The van der Waals surface area contributed by atoms with Gasteiger partial charge in [0.05, 0.1) is 17.8 Å². The van der Waals surface area contributed by atoms with Crippen LogP contribution in [0.2, 0.25) is 5.02 Å². The average molecular weight is 463 g/mol. The molecule has 3 heterocycles. The minimum atomic E-state index is -0.139. The fraction of sp³-hybridized carbons (Fsp3) is 0.250. The Kier molecular flexibility index (Phi) is 5.70. The molecule has 1 unspecified atom stereocenters. The van der Waals surface area contributed by atoms with Gasteiger partial charge in [-0.3, -0.25) is 9.59 Å². The van der Waals surface area contributed by atoms with Crippen LogP contribution in [0.3, 0.4) is 0 Å². The Bertz CT molecular complexity index is 1220. The van der Waals surface area contributed by atoms with Crippen molar-refractivity contribution in [3.63, 3.8) is 0 Å². The quantitative estimate of drug-likeness (QED) is 0.549. The van der Waals surface area contributed by atoms with E-state index >= 15 is 0 Å². The fourth-order valence-corrected chi connectivity index (χ4v) is 4.36. The molecule has 33 heavy (non-hydrogen) atoms. The molecule has 8 nitrogen and oxygen atoms in total. The van der Waals surface area contributed by atoms with Gasteiger partial charge in [0.2, 0.25) is 11.9 Å². The molecule has 3 N–H and O–H groups in total. The first-order valence-corrected chi connectivity index (χ1v) is 11.2. The second kappa shape index (κ2) is 8.80. The summed E-state index contributed by atoms with van der Waals surface area (Å²) in [5, 5.41) is 9.89. The number of nitrogens with zero attached hydrogens (tertiary/aromatic N) is 3. The van der Waals surface area contributed by atoms with Gasteiger partial charge in [-0.05, 0) is 55.4 Å². The van der Waals surface area contributed by atoms with Crippen molar-refractivity contribution in [1.82, 2.24) is 20.2 Å². The highest BCUT2D eigenvalue weighted by atomic mass is 35.5. The topological polar surface area (TPSA) is 99.2 Å². The lowest BCUT2D eigenvalue weighted by molar-refractivity contribution is -0.115. The van der Waals surface area contributed by atoms with E-state index in [2.05, 4.69) is 25.9 Å². The van der Waals surface area contributed by atoms with Crippen molar-refractivity contribution in [3.8, 4) is 11.3 Å². The summed E-state index contributed by atoms with van der Waals surface area (Å²) >= 11 is 6.11. The zero-order valence-electron chi connectivity index (χ0n) is 18.1. The monoisotopic (exact) mass is 462 g/mol. The van der Waals surface area contributed by atoms with Gasteiger partial charge in [0.25, 0.3) is 5.91 Å². The molecule has 2 aliphatic heterocycles. The number of carbonyl (C=O) groups is 2. The van der Waals surface area contributed by atoms with Gasteiger partial charge in [-0.2, -0.15) is 0 Å². The van der Waals surface area contributed by atoms with E-state index in [0.29, 0.717) is 27.9 Å². The molecule has 0 bridgehead atoms. The number of hydrogen-bond acceptors (Lipinski definition) is 6. The molecule has 1 fully saturated rings. The van der Waals surface area contributed by atoms with E-state index in [1.54, 1.807) is 35.4 Å². The molecule has 1 saturated heterocycles. The summed E-state index contributed by atoms with van der Waals surface area (Å²) in [5.41, 5.74) is 4.22. The number of halogens is 1. The minimum absolute atomic E-state index is 0.00367. The molecule has 2 aliphatic rings. The predicted octanol–water partition coefficient (Wildman–Crippen LogP) is 3.47. The Hall–Kier alpha value is -3.49. The van der Waals surface area contributed by atoms with Crippen LogP contribution in [0.4, 0.5) is 17.3 Å². The third-order valence-corrected chi connectivity index (χ3v) is 6.25. The second-order valence-corrected chi connectivity index (χ2v) is 8.68. The van der Waals surface area contributed by atoms with Crippen LogP contribution in [-0.2, 0) is 11.2 Å². The van der Waals surface area contributed by atoms with E-state index in [1.807, 2.05) is 25.2 Å². The Labute approximate surface area is 196 Å². The minimum Gasteiger partial charge on any atom is -0.337 e. The zero-order chi connectivity index (χ0) is 22.9. The molecule has 5 rings (SSSR count). The first-order valence-electron chi connectivity index (χ1n) is 10.8. The molecule has 1 atom stereocenters.